The van der Waals surface area contributed by atoms with Gasteiger partial charge >= 0.3 is 6.01 Å². The summed E-state index contributed by atoms with van der Waals surface area (Å²) in [5.41, 5.74) is 1.09. The normalized spacial score (nSPS) is 11.1. The van der Waals surface area contributed by atoms with Crippen molar-refractivity contribution in [3.05, 3.63) is 48.6 Å². The summed E-state index contributed by atoms with van der Waals surface area (Å²) >= 11 is 1.63. The Labute approximate surface area is 144 Å². The molecule has 0 spiro atoms. The Hall–Kier alpha value is -2.35. The van der Waals surface area contributed by atoms with E-state index in [1.807, 2.05) is 24.7 Å². The Kier molecular flexibility index (Phi) is 5.47. The van der Waals surface area contributed by atoms with Crippen molar-refractivity contribution in [1.82, 2.24) is 24.7 Å². The van der Waals surface area contributed by atoms with Crippen molar-refractivity contribution < 1.29 is 4.42 Å². The molecule has 3 rings (SSSR count). The van der Waals surface area contributed by atoms with Crippen molar-refractivity contribution in [3.63, 3.8) is 0 Å². The number of rotatable bonds is 8. The Morgan fingerprint density at radius 1 is 1.21 bits per heavy atom. The fourth-order valence-electron chi connectivity index (χ4n) is 2.18. The molecule has 0 aromatic carbocycles. The van der Waals surface area contributed by atoms with Gasteiger partial charge in [0.25, 0.3) is 0 Å². The molecule has 0 atom stereocenters. The van der Waals surface area contributed by atoms with Crippen LogP contribution in [0.25, 0.3) is 0 Å². The SMILES string of the molecule is CC(C)Cn1cncc1CNc1nnc(CSc2ccncc2)o1. The second-order valence-electron chi connectivity index (χ2n) is 5.76. The monoisotopic (exact) mass is 344 g/mol. The molecule has 0 fully saturated rings. The smallest absolute Gasteiger partial charge is 0.315 e. The minimum Gasteiger partial charge on any atom is -0.407 e. The van der Waals surface area contributed by atoms with Crippen molar-refractivity contribution in [1.29, 1.82) is 0 Å². The van der Waals surface area contributed by atoms with Gasteiger partial charge in [-0.25, -0.2) is 4.98 Å². The van der Waals surface area contributed by atoms with Crippen LogP contribution in [0.2, 0.25) is 0 Å². The molecule has 3 aromatic rings. The molecule has 0 saturated heterocycles. The van der Waals surface area contributed by atoms with Gasteiger partial charge in [0.05, 0.1) is 24.3 Å². The average molecular weight is 344 g/mol. The molecular formula is C16H20N6OS. The number of pyridine rings is 1. The predicted octanol–water partition coefficient (Wildman–Crippen LogP) is 3.22. The lowest BCUT2D eigenvalue weighted by Crippen LogP contribution is -2.10. The van der Waals surface area contributed by atoms with Gasteiger partial charge in [-0.15, -0.1) is 16.9 Å². The van der Waals surface area contributed by atoms with Crippen LogP contribution in [-0.2, 0) is 18.8 Å². The van der Waals surface area contributed by atoms with E-state index in [2.05, 4.69) is 43.9 Å². The highest BCUT2D eigenvalue weighted by atomic mass is 32.2. The zero-order valence-electron chi connectivity index (χ0n) is 13.7. The summed E-state index contributed by atoms with van der Waals surface area (Å²) in [4.78, 5) is 9.32. The fraction of sp³-hybridized carbons (Fsp3) is 0.375. The van der Waals surface area contributed by atoms with Gasteiger partial charge in [0.2, 0.25) is 5.89 Å². The highest BCUT2D eigenvalue weighted by Gasteiger charge is 2.09. The minimum absolute atomic E-state index is 0.428. The largest absolute Gasteiger partial charge is 0.407 e. The average Bonchev–Trinajstić information content (AvgIpc) is 3.21. The Balaban J connectivity index is 1.52. The quantitative estimate of drug-likeness (QED) is 0.628. The van der Waals surface area contributed by atoms with Gasteiger partial charge < -0.3 is 14.3 Å². The minimum atomic E-state index is 0.428. The van der Waals surface area contributed by atoms with Crippen LogP contribution in [0.4, 0.5) is 6.01 Å². The predicted molar refractivity (Wildman–Crippen MR) is 92.5 cm³/mol. The first kappa shape index (κ1) is 16.5. The van der Waals surface area contributed by atoms with E-state index < -0.39 is 0 Å². The van der Waals surface area contributed by atoms with Gasteiger partial charge in [0.1, 0.15) is 0 Å². The van der Waals surface area contributed by atoms with E-state index in [1.165, 1.54) is 0 Å². The molecule has 3 heterocycles. The summed E-state index contributed by atoms with van der Waals surface area (Å²) in [6.07, 6.45) is 7.24. The lowest BCUT2D eigenvalue weighted by atomic mass is 10.2. The molecule has 0 bridgehead atoms. The van der Waals surface area contributed by atoms with E-state index in [9.17, 15) is 0 Å². The van der Waals surface area contributed by atoms with Gasteiger partial charge in [0, 0.05) is 30.0 Å². The number of thioether (sulfide) groups is 1. The van der Waals surface area contributed by atoms with E-state index in [0.29, 0.717) is 30.1 Å². The number of imidazole rings is 1. The van der Waals surface area contributed by atoms with Crippen molar-refractivity contribution in [2.75, 3.05) is 5.32 Å². The first-order valence-corrected chi connectivity index (χ1v) is 8.77. The van der Waals surface area contributed by atoms with Crippen LogP contribution in [-0.4, -0.2) is 24.7 Å². The molecule has 0 amide bonds. The summed E-state index contributed by atoms with van der Waals surface area (Å²) in [5.74, 6) is 1.79. The lowest BCUT2D eigenvalue weighted by molar-refractivity contribution is 0.506. The van der Waals surface area contributed by atoms with E-state index in [4.69, 9.17) is 4.42 Å². The van der Waals surface area contributed by atoms with Gasteiger partial charge in [-0.1, -0.05) is 18.9 Å². The van der Waals surface area contributed by atoms with E-state index in [1.54, 1.807) is 24.2 Å². The number of aromatic nitrogens is 5. The fourth-order valence-corrected chi connectivity index (χ4v) is 2.90. The standard InChI is InChI=1S/C16H20N6OS/c1-12(2)9-22-11-18-7-13(22)8-19-16-21-20-15(23-16)10-24-14-3-5-17-6-4-14/h3-7,11-12H,8-10H2,1-2H3,(H,19,21). The third-order valence-electron chi connectivity index (χ3n) is 3.26. The maximum atomic E-state index is 5.63. The number of anilines is 1. The lowest BCUT2D eigenvalue weighted by Gasteiger charge is -2.10. The molecule has 7 nitrogen and oxygen atoms in total. The first-order chi connectivity index (χ1) is 11.7. The van der Waals surface area contributed by atoms with Crippen LogP contribution >= 0.6 is 11.8 Å². The highest BCUT2D eigenvalue weighted by molar-refractivity contribution is 7.98. The molecule has 8 heteroatoms. The summed E-state index contributed by atoms with van der Waals surface area (Å²) in [6.45, 7) is 5.91. The van der Waals surface area contributed by atoms with Crippen molar-refractivity contribution in [3.8, 4) is 0 Å². The summed E-state index contributed by atoms with van der Waals surface area (Å²) in [6, 6.07) is 4.34. The van der Waals surface area contributed by atoms with Crippen LogP contribution in [0, 0.1) is 5.92 Å². The van der Waals surface area contributed by atoms with Crippen LogP contribution in [0.1, 0.15) is 25.4 Å². The van der Waals surface area contributed by atoms with E-state index >= 15 is 0 Å². The zero-order chi connectivity index (χ0) is 16.8. The molecule has 0 aliphatic rings. The molecule has 0 unspecified atom stereocenters. The second kappa shape index (κ2) is 7.96. The van der Waals surface area contributed by atoms with Gasteiger partial charge in [-0.3, -0.25) is 4.98 Å². The van der Waals surface area contributed by atoms with Crippen LogP contribution < -0.4 is 5.32 Å². The molecule has 0 radical (unpaired) electrons. The van der Waals surface area contributed by atoms with Crippen LogP contribution in [0.3, 0.4) is 0 Å². The van der Waals surface area contributed by atoms with Crippen molar-refractivity contribution >= 4 is 17.8 Å². The van der Waals surface area contributed by atoms with Gasteiger partial charge in [0.15, 0.2) is 0 Å². The first-order valence-electron chi connectivity index (χ1n) is 7.79. The molecular weight excluding hydrogens is 324 g/mol. The molecule has 0 saturated carbocycles. The zero-order valence-corrected chi connectivity index (χ0v) is 14.5. The molecule has 0 aliphatic carbocycles. The molecule has 24 heavy (non-hydrogen) atoms. The topological polar surface area (TPSA) is 81.7 Å². The Bertz CT molecular complexity index is 755. The van der Waals surface area contributed by atoms with E-state index in [0.717, 1.165) is 17.1 Å². The summed E-state index contributed by atoms with van der Waals surface area (Å²) < 4.78 is 7.76. The van der Waals surface area contributed by atoms with Crippen LogP contribution in [0.15, 0.2) is 46.4 Å². The van der Waals surface area contributed by atoms with Gasteiger partial charge in [-0.2, -0.15) is 0 Å². The van der Waals surface area contributed by atoms with Gasteiger partial charge in [-0.05, 0) is 18.1 Å². The highest BCUT2D eigenvalue weighted by Crippen LogP contribution is 2.22. The molecule has 0 aliphatic heterocycles. The van der Waals surface area contributed by atoms with Crippen LogP contribution in [0.5, 0.6) is 0 Å². The third kappa shape index (κ3) is 4.58. The maximum absolute atomic E-state index is 5.63. The number of nitrogens with one attached hydrogen (secondary N) is 1. The van der Waals surface area contributed by atoms with Crippen molar-refractivity contribution in [2.24, 2.45) is 5.92 Å². The Morgan fingerprint density at radius 2 is 2.04 bits per heavy atom. The number of hydrogen-bond acceptors (Lipinski definition) is 7. The summed E-state index contributed by atoms with van der Waals surface area (Å²) in [5, 5.41) is 11.3. The molecule has 3 aromatic heterocycles. The van der Waals surface area contributed by atoms with E-state index in [-0.39, 0.29) is 0 Å². The van der Waals surface area contributed by atoms with Crippen molar-refractivity contribution in [2.45, 2.75) is 37.6 Å². The Morgan fingerprint density at radius 3 is 2.83 bits per heavy atom. The molecule has 1 N–H and O–H groups in total. The third-order valence-corrected chi connectivity index (χ3v) is 4.26. The number of hydrogen-bond donors (Lipinski definition) is 1. The number of nitrogens with zero attached hydrogens (tertiary/aromatic N) is 5. The molecule has 126 valence electrons. The summed E-state index contributed by atoms with van der Waals surface area (Å²) in [7, 11) is 0. The second-order valence-corrected chi connectivity index (χ2v) is 6.81. The maximum Gasteiger partial charge on any atom is 0.315 e.